The lowest BCUT2D eigenvalue weighted by atomic mass is 10.2. The third kappa shape index (κ3) is 6.82. The van der Waals surface area contributed by atoms with E-state index in [1.807, 2.05) is 0 Å². The lowest BCUT2D eigenvalue weighted by Gasteiger charge is -2.40. The number of hydrogen-bond acceptors (Lipinski definition) is 4. The highest BCUT2D eigenvalue weighted by Gasteiger charge is 2.43. The summed E-state index contributed by atoms with van der Waals surface area (Å²) in [5.41, 5.74) is 0. The summed E-state index contributed by atoms with van der Waals surface area (Å²) in [7, 11) is -4.06. The van der Waals surface area contributed by atoms with E-state index in [2.05, 4.69) is 74.3 Å². The van der Waals surface area contributed by atoms with Gasteiger partial charge in [0.05, 0.1) is 6.61 Å². The van der Waals surface area contributed by atoms with Gasteiger partial charge < -0.3 is 13.6 Å². The maximum Gasteiger partial charge on any atom is 0.336 e. The van der Waals surface area contributed by atoms with Crippen molar-refractivity contribution in [1.82, 2.24) is 0 Å². The summed E-state index contributed by atoms with van der Waals surface area (Å²) in [6.07, 6.45) is 0.885. The van der Waals surface area contributed by atoms with Crippen LogP contribution in [0, 0.1) is 0 Å². The van der Waals surface area contributed by atoms with Crippen molar-refractivity contribution in [2.24, 2.45) is 0 Å². The molecule has 0 saturated carbocycles. The number of ether oxygens (including phenoxy) is 1. The highest BCUT2D eigenvalue weighted by Crippen LogP contribution is 2.39. The standard InChI is InChI=1S/C18H38O4Si2/c1-12-13-20-16(19)15(22-24(10,11)18(5,6)7)14-21-23(8,9)17(2,3)4/h12,15H,1,13-14H2,2-11H3/t15-/m0/s1. The summed E-state index contributed by atoms with van der Waals surface area (Å²) in [4.78, 5) is 12.4. The van der Waals surface area contributed by atoms with E-state index in [1.54, 1.807) is 6.08 Å². The molecule has 0 aromatic heterocycles. The fourth-order valence-electron chi connectivity index (χ4n) is 1.42. The fourth-order valence-corrected chi connectivity index (χ4v) is 3.65. The molecule has 0 amide bonds. The molecule has 0 fully saturated rings. The Labute approximate surface area is 151 Å². The van der Waals surface area contributed by atoms with Crippen LogP contribution in [0.1, 0.15) is 41.5 Å². The summed E-state index contributed by atoms with van der Waals surface area (Å²) in [6, 6.07) is 0. The van der Waals surface area contributed by atoms with Gasteiger partial charge >= 0.3 is 5.97 Å². The van der Waals surface area contributed by atoms with Crippen LogP contribution in [0.5, 0.6) is 0 Å². The molecule has 4 nitrogen and oxygen atoms in total. The second kappa shape index (κ2) is 8.30. The molecule has 0 aliphatic rings. The van der Waals surface area contributed by atoms with Gasteiger partial charge in [-0.2, -0.15) is 0 Å². The monoisotopic (exact) mass is 374 g/mol. The summed E-state index contributed by atoms with van der Waals surface area (Å²) in [5.74, 6) is -0.363. The zero-order valence-electron chi connectivity index (χ0n) is 17.4. The Balaban J connectivity index is 5.22. The minimum atomic E-state index is -2.10. The second-order valence-corrected chi connectivity index (χ2v) is 18.9. The molecule has 0 aromatic carbocycles. The van der Waals surface area contributed by atoms with Crippen molar-refractivity contribution in [3.63, 3.8) is 0 Å². The zero-order valence-corrected chi connectivity index (χ0v) is 19.4. The van der Waals surface area contributed by atoms with E-state index in [9.17, 15) is 4.79 Å². The Morgan fingerprint density at radius 2 is 1.46 bits per heavy atom. The van der Waals surface area contributed by atoms with E-state index < -0.39 is 22.7 Å². The number of carbonyl (C=O) groups excluding carboxylic acids is 1. The van der Waals surface area contributed by atoms with E-state index in [-0.39, 0.29) is 29.3 Å². The van der Waals surface area contributed by atoms with Gasteiger partial charge in [0, 0.05) is 0 Å². The molecule has 0 bridgehead atoms. The molecular formula is C18H38O4Si2. The topological polar surface area (TPSA) is 44.8 Å². The quantitative estimate of drug-likeness (QED) is 0.336. The first-order valence-corrected chi connectivity index (χ1v) is 14.5. The van der Waals surface area contributed by atoms with Crippen LogP contribution >= 0.6 is 0 Å². The molecule has 0 aliphatic heterocycles. The van der Waals surface area contributed by atoms with Gasteiger partial charge in [-0.15, -0.1) is 0 Å². The van der Waals surface area contributed by atoms with Gasteiger partial charge in [-0.05, 0) is 36.3 Å². The predicted octanol–water partition coefficient (Wildman–Crippen LogP) is 5.13. The molecular weight excluding hydrogens is 336 g/mol. The molecule has 0 rings (SSSR count). The first kappa shape index (κ1) is 23.6. The first-order chi connectivity index (χ1) is 10.5. The molecule has 0 spiro atoms. The number of rotatable bonds is 8. The van der Waals surface area contributed by atoms with E-state index in [1.165, 1.54) is 0 Å². The third-order valence-electron chi connectivity index (χ3n) is 5.25. The van der Waals surface area contributed by atoms with Crippen LogP contribution in [-0.2, 0) is 18.4 Å². The first-order valence-electron chi connectivity index (χ1n) is 8.64. The van der Waals surface area contributed by atoms with Crippen molar-refractivity contribution in [2.45, 2.75) is 83.9 Å². The van der Waals surface area contributed by atoms with Crippen molar-refractivity contribution in [1.29, 1.82) is 0 Å². The van der Waals surface area contributed by atoms with E-state index in [0.29, 0.717) is 0 Å². The lowest BCUT2D eigenvalue weighted by Crippen LogP contribution is -2.50. The minimum absolute atomic E-state index is 0.0148. The smallest absolute Gasteiger partial charge is 0.336 e. The maximum absolute atomic E-state index is 12.4. The van der Waals surface area contributed by atoms with Gasteiger partial charge in [-0.1, -0.05) is 54.2 Å². The van der Waals surface area contributed by atoms with Crippen LogP contribution in [0.2, 0.25) is 36.3 Å². The van der Waals surface area contributed by atoms with Gasteiger partial charge in [0.2, 0.25) is 0 Å². The van der Waals surface area contributed by atoms with Crippen molar-refractivity contribution in [2.75, 3.05) is 13.2 Å². The average Bonchev–Trinajstić information content (AvgIpc) is 2.38. The molecule has 0 aromatic rings. The highest BCUT2D eigenvalue weighted by atomic mass is 28.4. The second-order valence-electron chi connectivity index (χ2n) is 9.36. The molecule has 0 radical (unpaired) electrons. The van der Waals surface area contributed by atoms with E-state index in [4.69, 9.17) is 13.6 Å². The van der Waals surface area contributed by atoms with Crippen LogP contribution in [0.15, 0.2) is 12.7 Å². The molecule has 0 N–H and O–H groups in total. The number of carbonyl (C=O) groups is 1. The van der Waals surface area contributed by atoms with E-state index >= 15 is 0 Å². The number of esters is 1. The molecule has 1 atom stereocenters. The average molecular weight is 375 g/mol. The summed E-state index contributed by atoms with van der Waals surface area (Å²) in [6.45, 7) is 25.6. The van der Waals surface area contributed by atoms with Gasteiger partial charge in [0.1, 0.15) is 6.61 Å². The summed E-state index contributed by atoms with van der Waals surface area (Å²) >= 11 is 0. The van der Waals surface area contributed by atoms with Crippen molar-refractivity contribution >= 4 is 22.6 Å². The largest absolute Gasteiger partial charge is 0.460 e. The molecule has 24 heavy (non-hydrogen) atoms. The van der Waals surface area contributed by atoms with Gasteiger partial charge in [0.25, 0.3) is 0 Å². The fraction of sp³-hybridized carbons (Fsp3) is 0.833. The van der Waals surface area contributed by atoms with Gasteiger partial charge in [-0.25, -0.2) is 4.79 Å². The van der Waals surface area contributed by atoms with Crippen molar-refractivity contribution < 1.29 is 18.4 Å². The van der Waals surface area contributed by atoms with Crippen LogP contribution < -0.4 is 0 Å². The zero-order chi connectivity index (χ0) is 19.4. The van der Waals surface area contributed by atoms with Crippen LogP contribution in [0.3, 0.4) is 0 Å². The molecule has 142 valence electrons. The summed E-state index contributed by atoms with van der Waals surface area (Å²) < 4.78 is 17.8. The Kier molecular flexibility index (Phi) is 8.14. The van der Waals surface area contributed by atoms with Crippen LogP contribution in [0.4, 0.5) is 0 Å². The number of hydrogen-bond donors (Lipinski definition) is 0. The highest BCUT2D eigenvalue weighted by molar-refractivity contribution is 6.74. The van der Waals surface area contributed by atoms with Crippen LogP contribution in [0.25, 0.3) is 0 Å². The predicted molar refractivity (Wildman–Crippen MR) is 106 cm³/mol. The lowest BCUT2D eigenvalue weighted by molar-refractivity contribution is -0.152. The SMILES string of the molecule is C=CCOC(=O)[C@H](CO[Si](C)(C)C(C)(C)C)O[Si](C)(C)C(C)(C)C. The third-order valence-corrected chi connectivity index (χ3v) is 14.2. The van der Waals surface area contributed by atoms with E-state index in [0.717, 1.165) is 0 Å². The van der Waals surface area contributed by atoms with Crippen LogP contribution in [-0.4, -0.2) is 41.9 Å². The van der Waals surface area contributed by atoms with Gasteiger partial charge in [0.15, 0.2) is 22.7 Å². The van der Waals surface area contributed by atoms with Crippen molar-refractivity contribution in [3.05, 3.63) is 12.7 Å². The molecule has 6 heteroatoms. The Hall–Kier alpha value is -0.436. The summed E-state index contributed by atoms with van der Waals surface area (Å²) in [5, 5.41) is 0.0977. The van der Waals surface area contributed by atoms with Crippen molar-refractivity contribution in [3.8, 4) is 0 Å². The molecule has 0 unspecified atom stereocenters. The Morgan fingerprint density at radius 1 is 1.00 bits per heavy atom. The Morgan fingerprint density at radius 3 is 1.83 bits per heavy atom. The molecule has 0 aliphatic carbocycles. The molecule has 0 saturated heterocycles. The minimum Gasteiger partial charge on any atom is -0.460 e. The maximum atomic E-state index is 12.4. The molecule has 0 heterocycles. The van der Waals surface area contributed by atoms with Gasteiger partial charge in [-0.3, -0.25) is 0 Å². The Bertz CT molecular complexity index is 431. The normalized spacial score (nSPS) is 15.1.